The second-order valence-electron chi connectivity index (χ2n) is 5.06. The summed E-state index contributed by atoms with van der Waals surface area (Å²) >= 11 is 5.37. The van der Waals surface area contributed by atoms with E-state index < -0.39 is 0 Å². The second-order valence-corrected chi connectivity index (χ2v) is 7.66. The van der Waals surface area contributed by atoms with Gasteiger partial charge >= 0.3 is 0 Å². The molecule has 0 aliphatic carbocycles. The molecule has 1 aliphatic rings. The monoisotopic (exact) mass is 342 g/mol. The van der Waals surface area contributed by atoms with Crippen molar-refractivity contribution in [3.05, 3.63) is 28.7 Å². The molecule has 0 spiro atoms. The smallest absolute Gasteiger partial charge is 0.238 e. The molecule has 0 saturated carbocycles. The number of hydrogen-bond acceptors (Lipinski definition) is 3. The highest BCUT2D eigenvalue weighted by atomic mass is 79.9. The summed E-state index contributed by atoms with van der Waals surface area (Å²) < 4.78 is 1.31. The number of benzene rings is 1. The Kier molecular flexibility index (Phi) is 5.30. The van der Waals surface area contributed by atoms with E-state index in [1.54, 1.807) is 0 Å². The van der Waals surface area contributed by atoms with Crippen molar-refractivity contribution >= 4 is 39.3 Å². The van der Waals surface area contributed by atoms with Crippen LogP contribution in [-0.2, 0) is 4.79 Å². The molecule has 1 saturated heterocycles. The van der Waals surface area contributed by atoms with Gasteiger partial charge < -0.3 is 10.6 Å². The number of rotatable bonds is 5. The predicted octanol–water partition coefficient (Wildman–Crippen LogP) is 3.26. The van der Waals surface area contributed by atoms with Gasteiger partial charge in [0, 0.05) is 21.5 Å². The minimum atomic E-state index is 0.00826. The van der Waals surface area contributed by atoms with Gasteiger partial charge in [-0.25, -0.2) is 0 Å². The first kappa shape index (κ1) is 14.9. The van der Waals surface area contributed by atoms with Crippen LogP contribution in [0.3, 0.4) is 0 Å². The molecule has 1 atom stereocenters. The predicted molar refractivity (Wildman–Crippen MR) is 85.7 cm³/mol. The van der Waals surface area contributed by atoms with E-state index in [0.717, 1.165) is 16.7 Å². The molecule has 1 aliphatic heterocycles. The van der Waals surface area contributed by atoms with Crippen LogP contribution in [0.1, 0.15) is 19.8 Å². The first-order valence-corrected chi connectivity index (χ1v) is 8.25. The number of thioether (sulfide) groups is 1. The molecule has 5 heteroatoms. The van der Waals surface area contributed by atoms with Crippen LogP contribution in [0.2, 0.25) is 0 Å². The van der Waals surface area contributed by atoms with Gasteiger partial charge in [-0.1, -0.05) is 15.9 Å². The molecule has 1 heterocycles. The molecule has 1 amide bonds. The Morgan fingerprint density at radius 2 is 2.16 bits per heavy atom. The normalized spacial score (nSPS) is 22.4. The largest absolute Gasteiger partial charge is 0.325 e. The topological polar surface area (TPSA) is 41.1 Å². The number of anilines is 1. The highest BCUT2D eigenvalue weighted by Crippen LogP contribution is 2.36. The molecule has 19 heavy (non-hydrogen) atoms. The third-order valence-electron chi connectivity index (χ3n) is 3.21. The number of carbonyl (C=O) groups is 1. The Labute approximate surface area is 127 Å². The van der Waals surface area contributed by atoms with E-state index in [1.807, 2.05) is 36.0 Å². The average Bonchev–Trinajstić information content (AvgIpc) is 2.79. The van der Waals surface area contributed by atoms with Crippen LogP contribution in [0.15, 0.2) is 28.7 Å². The summed E-state index contributed by atoms with van der Waals surface area (Å²) in [4.78, 5) is 11.8. The van der Waals surface area contributed by atoms with Crippen molar-refractivity contribution in [1.82, 2.24) is 5.32 Å². The Bertz CT molecular complexity index is 430. The summed E-state index contributed by atoms with van der Waals surface area (Å²) in [6.45, 7) is 3.53. The van der Waals surface area contributed by atoms with Gasteiger partial charge in [-0.15, -0.1) is 0 Å². The van der Waals surface area contributed by atoms with Crippen molar-refractivity contribution < 1.29 is 4.79 Å². The Hall–Kier alpha value is -0.520. The van der Waals surface area contributed by atoms with Crippen LogP contribution in [-0.4, -0.2) is 29.5 Å². The summed E-state index contributed by atoms with van der Waals surface area (Å²) in [5, 5.41) is 6.14. The number of nitrogens with one attached hydrogen (secondary N) is 2. The number of hydrogen-bond donors (Lipinski definition) is 2. The Balaban J connectivity index is 1.71. The number of amides is 1. The minimum absolute atomic E-state index is 0.00826. The van der Waals surface area contributed by atoms with E-state index in [1.165, 1.54) is 18.6 Å². The number of carbonyl (C=O) groups excluding carboxylic acids is 1. The quantitative estimate of drug-likeness (QED) is 0.862. The van der Waals surface area contributed by atoms with E-state index in [-0.39, 0.29) is 5.91 Å². The lowest BCUT2D eigenvalue weighted by molar-refractivity contribution is -0.115. The molecule has 1 fully saturated rings. The van der Waals surface area contributed by atoms with Crippen molar-refractivity contribution in [2.45, 2.75) is 24.5 Å². The van der Waals surface area contributed by atoms with Gasteiger partial charge in [0.15, 0.2) is 0 Å². The van der Waals surface area contributed by atoms with E-state index in [4.69, 9.17) is 0 Å². The maximum absolute atomic E-state index is 11.8. The third-order valence-corrected chi connectivity index (χ3v) is 5.28. The fourth-order valence-electron chi connectivity index (χ4n) is 2.16. The zero-order chi connectivity index (χ0) is 13.7. The van der Waals surface area contributed by atoms with Gasteiger partial charge in [0.1, 0.15) is 0 Å². The average molecular weight is 343 g/mol. The maximum Gasteiger partial charge on any atom is 0.238 e. The first-order chi connectivity index (χ1) is 9.07. The standard InChI is InChI=1S/C14H19BrN2OS/c1-14(7-2-8-19-14)10-16-9-13(18)17-12-5-3-11(15)4-6-12/h3-6,16H,2,7-10H2,1H3,(H,17,18). The summed E-state index contributed by atoms with van der Waals surface area (Å²) in [6, 6.07) is 7.60. The molecule has 1 aromatic rings. The van der Waals surface area contributed by atoms with E-state index in [0.29, 0.717) is 11.3 Å². The van der Waals surface area contributed by atoms with Crippen LogP contribution >= 0.6 is 27.7 Å². The van der Waals surface area contributed by atoms with E-state index in [9.17, 15) is 4.79 Å². The molecule has 2 rings (SSSR count). The Morgan fingerprint density at radius 3 is 2.79 bits per heavy atom. The SMILES string of the molecule is CC1(CNCC(=O)Nc2ccc(Br)cc2)CCCS1. The van der Waals surface area contributed by atoms with Crippen LogP contribution < -0.4 is 10.6 Å². The molecule has 3 nitrogen and oxygen atoms in total. The van der Waals surface area contributed by atoms with Crippen LogP contribution in [0.4, 0.5) is 5.69 Å². The van der Waals surface area contributed by atoms with E-state index >= 15 is 0 Å². The van der Waals surface area contributed by atoms with E-state index in [2.05, 4.69) is 33.5 Å². The number of halogens is 1. The third kappa shape index (κ3) is 4.82. The lowest BCUT2D eigenvalue weighted by Gasteiger charge is -2.22. The molecule has 0 radical (unpaired) electrons. The highest BCUT2D eigenvalue weighted by molar-refractivity contribution is 9.10. The summed E-state index contributed by atoms with van der Waals surface area (Å²) in [7, 11) is 0. The minimum Gasteiger partial charge on any atom is -0.325 e. The summed E-state index contributed by atoms with van der Waals surface area (Å²) in [6.07, 6.45) is 2.52. The molecule has 0 bridgehead atoms. The molecule has 0 aromatic heterocycles. The van der Waals surface area contributed by atoms with Crippen molar-refractivity contribution in [3.8, 4) is 0 Å². The van der Waals surface area contributed by atoms with Crippen molar-refractivity contribution in [3.63, 3.8) is 0 Å². The van der Waals surface area contributed by atoms with Gasteiger partial charge in [-0.2, -0.15) is 11.8 Å². The zero-order valence-corrected chi connectivity index (χ0v) is 13.4. The van der Waals surface area contributed by atoms with Crippen molar-refractivity contribution in [2.24, 2.45) is 0 Å². The molecular weight excluding hydrogens is 324 g/mol. The summed E-state index contributed by atoms with van der Waals surface area (Å²) in [5.41, 5.74) is 0.830. The molecular formula is C14H19BrN2OS. The van der Waals surface area contributed by atoms with Crippen LogP contribution in [0.5, 0.6) is 0 Å². The van der Waals surface area contributed by atoms with Crippen LogP contribution in [0, 0.1) is 0 Å². The summed E-state index contributed by atoms with van der Waals surface area (Å²) in [5.74, 6) is 1.25. The molecule has 104 valence electrons. The van der Waals surface area contributed by atoms with Gasteiger partial charge in [-0.3, -0.25) is 4.79 Å². The fourth-order valence-corrected chi connectivity index (χ4v) is 3.69. The van der Waals surface area contributed by atoms with Crippen molar-refractivity contribution in [1.29, 1.82) is 0 Å². The van der Waals surface area contributed by atoms with Crippen LogP contribution in [0.25, 0.3) is 0 Å². The lowest BCUT2D eigenvalue weighted by atomic mass is 10.1. The lowest BCUT2D eigenvalue weighted by Crippen LogP contribution is -2.37. The molecule has 1 aromatic carbocycles. The first-order valence-electron chi connectivity index (χ1n) is 6.48. The van der Waals surface area contributed by atoms with Gasteiger partial charge in [0.2, 0.25) is 5.91 Å². The van der Waals surface area contributed by atoms with Gasteiger partial charge in [-0.05, 0) is 49.8 Å². The second kappa shape index (κ2) is 6.77. The maximum atomic E-state index is 11.8. The zero-order valence-electron chi connectivity index (χ0n) is 11.0. The fraction of sp³-hybridized carbons (Fsp3) is 0.500. The highest BCUT2D eigenvalue weighted by Gasteiger charge is 2.28. The molecule has 2 N–H and O–H groups in total. The van der Waals surface area contributed by atoms with Crippen molar-refractivity contribution in [2.75, 3.05) is 24.2 Å². The van der Waals surface area contributed by atoms with Gasteiger partial charge in [0.25, 0.3) is 0 Å². The molecule has 1 unspecified atom stereocenters. The van der Waals surface area contributed by atoms with Gasteiger partial charge in [0.05, 0.1) is 6.54 Å². The Morgan fingerprint density at radius 1 is 1.42 bits per heavy atom.